The molecule has 1 aromatic heterocycles. The predicted molar refractivity (Wildman–Crippen MR) is 88.9 cm³/mol. The van der Waals surface area contributed by atoms with Crippen LogP contribution in [0.1, 0.15) is 30.9 Å². The average molecular weight is 300 g/mol. The topological polar surface area (TPSA) is 59.5 Å². The number of aryl methyl sites for hydroxylation is 1. The summed E-state index contributed by atoms with van der Waals surface area (Å²) >= 11 is 0. The van der Waals surface area contributed by atoms with Crippen LogP contribution in [-0.4, -0.2) is 24.0 Å². The maximum Gasteiger partial charge on any atom is 0.336 e. The van der Waals surface area contributed by atoms with Crippen molar-refractivity contribution in [1.29, 1.82) is 0 Å². The molecule has 22 heavy (non-hydrogen) atoms. The number of piperidine rings is 1. The van der Waals surface area contributed by atoms with Crippen LogP contribution in [0.5, 0.6) is 0 Å². The number of hydrogen-bond acceptors (Lipinski definition) is 4. The van der Waals surface area contributed by atoms with Gasteiger partial charge in [0.1, 0.15) is 5.58 Å². The van der Waals surface area contributed by atoms with Gasteiger partial charge in [-0.05, 0) is 49.4 Å². The molecule has 2 N–H and O–H groups in total. The number of nitrogens with zero attached hydrogens (tertiary/aromatic N) is 1. The van der Waals surface area contributed by atoms with Crippen LogP contribution in [0, 0.1) is 12.8 Å². The number of nitrogens with two attached hydrogens (primary N) is 1. The first kappa shape index (κ1) is 15.3. The minimum absolute atomic E-state index is 0.275. The molecule has 1 aromatic carbocycles. The van der Waals surface area contributed by atoms with Crippen LogP contribution < -0.4 is 11.4 Å². The van der Waals surface area contributed by atoms with Gasteiger partial charge >= 0.3 is 5.63 Å². The molecule has 4 heteroatoms. The summed E-state index contributed by atoms with van der Waals surface area (Å²) in [4.78, 5) is 14.3. The Hall–Kier alpha value is -1.65. The lowest BCUT2D eigenvalue weighted by molar-refractivity contribution is 0.115. The molecule has 0 bridgehead atoms. The van der Waals surface area contributed by atoms with Gasteiger partial charge in [0.05, 0.1) is 0 Å². The summed E-state index contributed by atoms with van der Waals surface area (Å²) in [5, 5.41) is 1.03. The van der Waals surface area contributed by atoms with Gasteiger partial charge in [0.15, 0.2) is 0 Å². The molecule has 0 aliphatic carbocycles. The third kappa shape index (κ3) is 3.08. The normalized spacial score (nSPS) is 23.0. The highest BCUT2D eigenvalue weighted by atomic mass is 16.4. The van der Waals surface area contributed by atoms with E-state index >= 15 is 0 Å². The van der Waals surface area contributed by atoms with E-state index in [0.29, 0.717) is 18.2 Å². The Labute approximate surface area is 130 Å². The summed E-state index contributed by atoms with van der Waals surface area (Å²) in [5.74, 6) is 0.727. The maximum atomic E-state index is 11.9. The fourth-order valence-electron chi connectivity index (χ4n) is 3.44. The van der Waals surface area contributed by atoms with Crippen LogP contribution >= 0.6 is 0 Å². The predicted octanol–water partition coefficient (Wildman–Crippen LogP) is 2.66. The summed E-state index contributed by atoms with van der Waals surface area (Å²) < 4.78 is 5.34. The smallest absolute Gasteiger partial charge is 0.336 e. The first-order valence-electron chi connectivity index (χ1n) is 8.04. The van der Waals surface area contributed by atoms with Crippen molar-refractivity contribution in [3.63, 3.8) is 0 Å². The molecule has 2 unspecified atom stereocenters. The standard InChI is InChI=1S/C18H24N2O2/c1-12-3-4-16-14(9-18(21)22-17(16)8-12)11-20-6-5-13(2)7-15(20)10-19/h3-4,8-9,13,15H,5-7,10-11,19H2,1-2H3. The minimum atomic E-state index is -0.275. The summed E-state index contributed by atoms with van der Waals surface area (Å²) in [6, 6.07) is 8.07. The van der Waals surface area contributed by atoms with Crippen molar-refractivity contribution in [3.05, 3.63) is 45.8 Å². The summed E-state index contributed by atoms with van der Waals surface area (Å²) in [6.07, 6.45) is 2.32. The van der Waals surface area contributed by atoms with Crippen molar-refractivity contribution in [2.24, 2.45) is 11.7 Å². The van der Waals surface area contributed by atoms with Crippen molar-refractivity contribution in [1.82, 2.24) is 4.90 Å². The minimum Gasteiger partial charge on any atom is -0.423 e. The van der Waals surface area contributed by atoms with Crippen LogP contribution in [0.2, 0.25) is 0 Å². The van der Waals surface area contributed by atoms with Gasteiger partial charge in [-0.25, -0.2) is 4.79 Å². The highest BCUT2D eigenvalue weighted by Crippen LogP contribution is 2.26. The van der Waals surface area contributed by atoms with E-state index < -0.39 is 0 Å². The van der Waals surface area contributed by atoms with Crippen molar-refractivity contribution in [2.45, 2.75) is 39.3 Å². The summed E-state index contributed by atoms with van der Waals surface area (Å²) in [7, 11) is 0. The molecule has 0 radical (unpaired) electrons. The monoisotopic (exact) mass is 300 g/mol. The molecular weight excluding hydrogens is 276 g/mol. The van der Waals surface area contributed by atoms with Crippen LogP contribution in [0.4, 0.5) is 0 Å². The second-order valence-electron chi connectivity index (χ2n) is 6.58. The third-order valence-corrected chi connectivity index (χ3v) is 4.73. The van der Waals surface area contributed by atoms with Crippen LogP contribution in [0.15, 0.2) is 33.5 Å². The van der Waals surface area contributed by atoms with Crippen molar-refractivity contribution in [2.75, 3.05) is 13.1 Å². The van der Waals surface area contributed by atoms with E-state index in [2.05, 4.69) is 17.9 Å². The van der Waals surface area contributed by atoms with Gasteiger partial charge in [0.2, 0.25) is 0 Å². The molecule has 2 aromatic rings. The summed E-state index contributed by atoms with van der Waals surface area (Å²) in [6.45, 7) is 6.76. The third-order valence-electron chi connectivity index (χ3n) is 4.73. The Balaban J connectivity index is 1.94. The number of fused-ring (bicyclic) bond motifs is 1. The lowest BCUT2D eigenvalue weighted by Gasteiger charge is -2.38. The first-order chi connectivity index (χ1) is 10.6. The quantitative estimate of drug-likeness (QED) is 0.885. The highest BCUT2D eigenvalue weighted by Gasteiger charge is 2.25. The van der Waals surface area contributed by atoms with E-state index in [4.69, 9.17) is 10.2 Å². The largest absolute Gasteiger partial charge is 0.423 e. The molecular formula is C18H24N2O2. The first-order valence-corrected chi connectivity index (χ1v) is 8.04. The van der Waals surface area contributed by atoms with Crippen LogP contribution in [-0.2, 0) is 6.54 Å². The van der Waals surface area contributed by atoms with Gasteiger partial charge in [-0.15, -0.1) is 0 Å². The summed E-state index contributed by atoms with van der Waals surface area (Å²) in [5.41, 5.74) is 8.49. The molecule has 0 spiro atoms. The molecule has 1 aliphatic heterocycles. The van der Waals surface area contributed by atoms with E-state index in [9.17, 15) is 4.79 Å². The van der Waals surface area contributed by atoms with Gasteiger partial charge in [0, 0.05) is 30.6 Å². The molecule has 3 rings (SSSR count). The van der Waals surface area contributed by atoms with Crippen molar-refractivity contribution in [3.8, 4) is 0 Å². The van der Waals surface area contributed by atoms with Gasteiger partial charge in [-0.3, -0.25) is 4.90 Å². The van der Waals surface area contributed by atoms with Gasteiger partial charge in [-0.1, -0.05) is 19.1 Å². The number of benzene rings is 1. The van der Waals surface area contributed by atoms with Gasteiger partial charge in [0.25, 0.3) is 0 Å². The van der Waals surface area contributed by atoms with E-state index in [1.54, 1.807) is 6.07 Å². The van der Waals surface area contributed by atoms with Crippen molar-refractivity contribution < 1.29 is 4.42 Å². The zero-order chi connectivity index (χ0) is 15.7. The molecule has 1 aliphatic rings. The molecule has 1 fully saturated rings. The molecule has 0 saturated carbocycles. The number of likely N-dealkylation sites (tertiary alicyclic amines) is 1. The highest BCUT2D eigenvalue weighted by molar-refractivity contribution is 5.80. The molecule has 2 heterocycles. The molecule has 118 valence electrons. The zero-order valence-corrected chi connectivity index (χ0v) is 13.3. The second kappa shape index (κ2) is 6.23. The lowest BCUT2D eigenvalue weighted by Crippen LogP contribution is -2.45. The van der Waals surface area contributed by atoms with Gasteiger partial charge in [-0.2, -0.15) is 0 Å². The molecule has 1 saturated heterocycles. The SMILES string of the molecule is Cc1ccc2c(CN3CCC(C)CC3CN)cc(=O)oc2c1. The lowest BCUT2D eigenvalue weighted by atomic mass is 9.92. The van der Waals surface area contributed by atoms with Gasteiger partial charge < -0.3 is 10.2 Å². The molecule has 4 nitrogen and oxygen atoms in total. The Morgan fingerprint density at radius 2 is 2.18 bits per heavy atom. The fourth-order valence-corrected chi connectivity index (χ4v) is 3.44. The maximum absolute atomic E-state index is 11.9. The van der Waals surface area contributed by atoms with Crippen molar-refractivity contribution >= 4 is 11.0 Å². The zero-order valence-electron chi connectivity index (χ0n) is 13.3. The Bertz CT molecular complexity index is 723. The second-order valence-corrected chi connectivity index (χ2v) is 6.58. The van der Waals surface area contributed by atoms with E-state index in [0.717, 1.165) is 41.9 Å². The molecule has 2 atom stereocenters. The van der Waals surface area contributed by atoms with E-state index in [1.807, 2.05) is 19.1 Å². The average Bonchev–Trinajstić information content (AvgIpc) is 2.48. The Morgan fingerprint density at radius 1 is 1.36 bits per heavy atom. The Morgan fingerprint density at radius 3 is 2.95 bits per heavy atom. The fraction of sp³-hybridized carbons (Fsp3) is 0.500. The number of rotatable bonds is 3. The van der Waals surface area contributed by atoms with E-state index in [-0.39, 0.29) is 5.63 Å². The molecule has 0 amide bonds. The number of hydrogen-bond donors (Lipinski definition) is 1. The van der Waals surface area contributed by atoms with E-state index in [1.165, 1.54) is 6.42 Å². The van der Waals surface area contributed by atoms with Crippen LogP contribution in [0.3, 0.4) is 0 Å². The Kier molecular flexibility index (Phi) is 4.32. The van der Waals surface area contributed by atoms with Crippen LogP contribution in [0.25, 0.3) is 11.0 Å².